The smallest absolute Gasteiger partial charge is 0.351 e. The standard InChI is InChI=1S/C15H18N4O2/c16-13-9-6-7-10(8-4-5-8)17-14(9)19(15(21)18-13)11-2-1-3-12(11)20/h6-8,11-12,20H,1-5H2,(H2,16,18,21)/t11-,12?/m0/s1. The predicted molar refractivity (Wildman–Crippen MR) is 79.1 cm³/mol. The number of anilines is 1. The monoisotopic (exact) mass is 286 g/mol. The zero-order chi connectivity index (χ0) is 14.6. The van der Waals surface area contributed by atoms with E-state index in [2.05, 4.69) is 9.97 Å². The highest BCUT2D eigenvalue weighted by atomic mass is 16.3. The summed E-state index contributed by atoms with van der Waals surface area (Å²) < 4.78 is 1.55. The van der Waals surface area contributed by atoms with E-state index in [-0.39, 0.29) is 11.9 Å². The van der Waals surface area contributed by atoms with Crippen LogP contribution in [0.25, 0.3) is 11.0 Å². The lowest BCUT2D eigenvalue weighted by Crippen LogP contribution is -2.32. The lowest BCUT2D eigenvalue weighted by atomic mass is 10.2. The molecule has 0 radical (unpaired) electrons. The number of rotatable bonds is 2. The minimum atomic E-state index is -0.511. The van der Waals surface area contributed by atoms with Gasteiger partial charge < -0.3 is 10.8 Å². The summed E-state index contributed by atoms with van der Waals surface area (Å²) in [7, 11) is 0. The van der Waals surface area contributed by atoms with E-state index in [0.29, 0.717) is 23.4 Å². The van der Waals surface area contributed by atoms with Gasteiger partial charge in [0.2, 0.25) is 0 Å². The Labute approximate surface area is 121 Å². The fourth-order valence-electron chi connectivity index (χ4n) is 3.28. The Balaban J connectivity index is 1.98. The van der Waals surface area contributed by atoms with E-state index in [1.165, 1.54) is 0 Å². The first-order valence-corrected chi connectivity index (χ1v) is 7.52. The van der Waals surface area contributed by atoms with Gasteiger partial charge in [0.25, 0.3) is 0 Å². The van der Waals surface area contributed by atoms with Gasteiger partial charge in [-0.1, -0.05) is 0 Å². The SMILES string of the molecule is Nc1nc(=O)n([C@H]2CCCC2O)c2nc(C3CC3)ccc12. The number of aromatic nitrogens is 3. The van der Waals surface area contributed by atoms with Crippen LogP contribution in [0.4, 0.5) is 5.82 Å². The number of fused-ring (bicyclic) bond motifs is 1. The first-order chi connectivity index (χ1) is 10.1. The van der Waals surface area contributed by atoms with Crippen LogP contribution in [0.5, 0.6) is 0 Å². The Morgan fingerprint density at radius 3 is 2.67 bits per heavy atom. The molecule has 2 fully saturated rings. The summed E-state index contributed by atoms with van der Waals surface area (Å²) in [5.41, 5.74) is 7.04. The normalized spacial score (nSPS) is 25.6. The number of nitrogens with two attached hydrogens (primary N) is 1. The molecule has 110 valence electrons. The van der Waals surface area contributed by atoms with E-state index in [9.17, 15) is 9.90 Å². The second-order valence-corrected chi connectivity index (χ2v) is 6.10. The van der Waals surface area contributed by atoms with Crippen LogP contribution in [0.1, 0.15) is 49.8 Å². The lowest BCUT2D eigenvalue weighted by Gasteiger charge is -2.19. The van der Waals surface area contributed by atoms with Crippen LogP contribution in [0.15, 0.2) is 16.9 Å². The van der Waals surface area contributed by atoms with Gasteiger partial charge in [-0.2, -0.15) is 4.98 Å². The van der Waals surface area contributed by atoms with Crippen molar-refractivity contribution >= 4 is 16.9 Å². The molecular formula is C15H18N4O2. The average Bonchev–Trinajstić information content (AvgIpc) is 3.23. The van der Waals surface area contributed by atoms with E-state index >= 15 is 0 Å². The summed E-state index contributed by atoms with van der Waals surface area (Å²) in [6.45, 7) is 0. The summed E-state index contributed by atoms with van der Waals surface area (Å²) in [5, 5.41) is 10.8. The summed E-state index contributed by atoms with van der Waals surface area (Å²) in [5.74, 6) is 0.717. The molecule has 2 heterocycles. The van der Waals surface area contributed by atoms with Gasteiger partial charge in [0.15, 0.2) is 0 Å². The molecule has 0 saturated heterocycles. The van der Waals surface area contributed by atoms with Gasteiger partial charge in [-0.15, -0.1) is 0 Å². The van der Waals surface area contributed by atoms with Crippen LogP contribution < -0.4 is 11.4 Å². The third kappa shape index (κ3) is 2.01. The largest absolute Gasteiger partial charge is 0.391 e. The van der Waals surface area contributed by atoms with Crippen molar-refractivity contribution < 1.29 is 5.11 Å². The molecule has 2 aliphatic carbocycles. The lowest BCUT2D eigenvalue weighted by molar-refractivity contribution is 0.136. The highest BCUT2D eigenvalue weighted by Gasteiger charge is 2.31. The molecule has 0 amide bonds. The topological polar surface area (TPSA) is 94.0 Å². The third-order valence-corrected chi connectivity index (χ3v) is 4.59. The van der Waals surface area contributed by atoms with Crippen LogP contribution >= 0.6 is 0 Å². The van der Waals surface area contributed by atoms with Gasteiger partial charge in [-0.3, -0.25) is 4.57 Å². The zero-order valence-electron chi connectivity index (χ0n) is 11.7. The summed E-state index contributed by atoms with van der Waals surface area (Å²) in [6.07, 6.45) is 4.18. The number of nitrogen functional groups attached to an aromatic ring is 1. The fourth-order valence-corrected chi connectivity index (χ4v) is 3.28. The first kappa shape index (κ1) is 12.8. The average molecular weight is 286 g/mol. The van der Waals surface area contributed by atoms with E-state index in [1.54, 1.807) is 4.57 Å². The van der Waals surface area contributed by atoms with Crippen LogP contribution in [-0.2, 0) is 0 Å². The maximum Gasteiger partial charge on any atom is 0.351 e. The molecule has 2 saturated carbocycles. The molecule has 0 spiro atoms. The molecule has 0 bridgehead atoms. The Bertz CT molecular complexity index is 766. The molecule has 3 N–H and O–H groups in total. The quantitative estimate of drug-likeness (QED) is 0.868. The second-order valence-electron chi connectivity index (χ2n) is 6.10. The molecule has 1 unspecified atom stereocenters. The van der Waals surface area contributed by atoms with Crippen molar-refractivity contribution in [2.24, 2.45) is 0 Å². The maximum absolute atomic E-state index is 12.3. The highest BCUT2D eigenvalue weighted by Crippen LogP contribution is 2.40. The summed E-state index contributed by atoms with van der Waals surface area (Å²) >= 11 is 0. The van der Waals surface area contributed by atoms with Crippen LogP contribution in [0.3, 0.4) is 0 Å². The number of aliphatic hydroxyl groups excluding tert-OH is 1. The molecular weight excluding hydrogens is 268 g/mol. The molecule has 0 aliphatic heterocycles. The number of hydrogen-bond acceptors (Lipinski definition) is 5. The van der Waals surface area contributed by atoms with Crippen molar-refractivity contribution in [3.8, 4) is 0 Å². The Morgan fingerprint density at radius 2 is 2.00 bits per heavy atom. The first-order valence-electron chi connectivity index (χ1n) is 7.52. The maximum atomic E-state index is 12.3. The predicted octanol–water partition coefficient (Wildman–Crippen LogP) is 1.34. The Morgan fingerprint density at radius 1 is 1.19 bits per heavy atom. The second kappa shape index (κ2) is 4.53. The molecule has 0 aromatic carbocycles. The van der Waals surface area contributed by atoms with Crippen molar-refractivity contribution in [1.29, 1.82) is 0 Å². The molecule has 2 atom stereocenters. The summed E-state index contributed by atoms with van der Waals surface area (Å²) in [4.78, 5) is 20.9. The van der Waals surface area contributed by atoms with Crippen molar-refractivity contribution in [3.63, 3.8) is 0 Å². The Hall–Kier alpha value is -1.95. The van der Waals surface area contributed by atoms with Crippen LogP contribution in [-0.4, -0.2) is 25.7 Å². The van der Waals surface area contributed by atoms with Gasteiger partial charge in [-0.25, -0.2) is 9.78 Å². The van der Waals surface area contributed by atoms with E-state index in [1.807, 2.05) is 12.1 Å². The number of hydrogen-bond donors (Lipinski definition) is 2. The molecule has 2 aromatic heterocycles. The molecule has 21 heavy (non-hydrogen) atoms. The summed E-state index contributed by atoms with van der Waals surface area (Å²) in [6, 6.07) is 3.63. The Kier molecular flexibility index (Phi) is 2.75. The van der Waals surface area contributed by atoms with Crippen molar-refractivity contribution in [1.82, 2.24) is 14.5 Å². The van der Waals surface area contributed by atoms with E-state index in [4.69, 9.17) is 5.73 Å². The number of nitrogens with zero attached hydrogens (tertiary/aromatic N) is 3. The van der Waals surface area contributed by atoms with Gasteiger partial charge in [0.1, 0.15) is 11.5 Å². The van der Waals surface area contributed by atoms with Gasteiger partial charge >= 0.3 is 5.69 Å². The van der Waals surface area contributed by atoms with Crippen LogP contribution in [0.2, 0.25) is 0 Å². The van der Waals surface area contributed by atoms with E-state index in [0.717, 1.165) is 31.4 Å². The molecule has 2 aromatic rings. The highest BCUT2D eigenvalue weighted by molar-refractivity contribution is 5.85. The molecule has 4 rings (SSSR count). The van der Waals surface area contributed by atoms with Crippen LogP contribution in [0, 0.1) is 0 Å². The number of aliphatic hydroxyl groups is 1. The molecule has 6 nitrogen and oxygen atoms in total. The van der Waals surface area contributed by atoms with Crippen molar-refractivity contribution in [2.75, 3.05) is 5.73 Å². The molecule has 2 aliphatic rings. The third-order valence-electron chi connectivity index (χ3n) is 4.59. The number of pyridine rings is 1. The van der Waals surface area contributed by atoms with Crippen molar-refractivity contribution in [2.45, 2.75) is 50.2 Å². The minimum Gasteiger partial charge on any atom is -0.391 e. The minimum absolute atomic E-state index is 0.216. The van der Waals surface area contributed by atoms with Gasteiger partial charge in [0.05, 0.1) is 17.5 Å². The van der Waals surface area contributed by atoms with E-state index < -0.39 is 11.8 Å². The van der Waals surface area contributed by atoms with Crippen molar-refractivity contribution in [3.05, 3.63) is 28.3 Å². The van der Waals surface area contributed by atoms with Gasteiger partial charge in [0, 0.05) is 11.6 Å². The van der Waals surface area contributed by atoms with Gasteiger partial charge in [-0.05, 0) is 44.2 Å². The fraction of sp³-hybridized carbons (Fsp3) is 0.533. The zero-order valence-corrected chi connectivity index (χ0v) is 11.7. The molecule has 6 heteroatoms.